The van der Waals surface area contributed by atoms with Crippen molar-refractivity contribution in [2.75, 3.05) is 21.3 Å². The molecule has 1 fully saturated rings. The number of hydrogen-bond donors (Lipinski definition) is 3. The smallest absolute Gasteiger partial charge is 0.272 e. The Bertz CT molecular complexity index is 610. The predicted octanol–water partition coefficient (Wildman–Crippen LogP) is -0.396. The van der Waals surface area contributed by atoms with Gasteiger partial charge in [-0.25, -0.2) is 5.43 Å². The lowest BCUT2D eigenvalue weighted by molar-refractivity contribution is -0.292. The number of amides is 1. The molecule has 1 aromatic carbocycles. The van der Waals surface area contributed by atoms with E-state index in [1.54, 1.807) is 18.2 Å². The number of phenols is 1. The molecule has 2 rings (SSSR count). The third kappa shape index (κ3) is 4.33. The summed E-state index contributed by atoms with van der Waals surface area (Å²) >= 11 is 0. The van der Waals surface area contributed by atoms with Crippen LogP contribution in [-0.4, -0.2) is 74.4 Å². The number of rotatable bonds is 6. The highest BCUT2D eigenvalue weighted by Crippen LogP contribution is 2.25. The number of aromatic hydroxyl groups is 1. The average molecular weight is 354 g/mol. The fraction of sp³-hybridized carbons (Fsp3) is 0.500. The molecule has 3 N–H and O–H groups in total. The van der Waals surface area contributed by atoms with E-state index in [0.717, 1.165) is 0 Å². The van der Waals surface area contributed by atoms with Gasteiger partial charge in [0.2, 0.25) is 0 Å². The number of nitrogens with zero attached hydrogens (tertiary/aromatic N) is 1. The lowest BCUT2D eigenvalue weighted by Gasteiger charge is -2.41. The molecule has 9 heteroatoms. The Morgan fingerprint density at radius 3 is 2.48 bits per heavy atom. The normalized spacial score (nSPS) is 29.7. The summed E-state index contributed by atoms with van der Waals surface area (Å²) in [5, 5.41) is 23.7. The molecule has 9 nitrogen and oxygen atoms in total. The molecule has 1 amide bonds. The molecule has 0 aliphatic carbocycles. The molecule has 0 bridgehead atoms. The molecule has 0 spiro atoms. The molecule has 0 radical (unpaired) electrons. The minimum Gasteiger partial charge on any atom is -0.507 e. The molecule has 1 aromatic rings. The van der Waals surface area contributed by atoms with Gasteiger partial charge >= 0.3 is 0 Å². The zero-order valence-electron chi connectivity index (χ0n) is 14.2. The van der Waals surface area contributed by atoms with E-state index in [0.29, 0.717) is 5.56 Å². The van der Waals surface area contributed by atoms with Crippen LogP contribution in [0.5, 0.6) is 5.75 Å². The number of carbonyl (C=O) groups excluding carboxylic acids is 1. The number of benzene rings is 1. The summed E-state index contributed by atoms with van der Waals surface area (Å²) < 4.78 is 21.1. The van der Waals surface area contributed by atoms with Crippen molar-refractivity contribution in [1.29, 1.82) is 0 Å². The van der Waals surface area contributed by atoms with E-state index in [2.05, 4.69) is 10.5 Å². The minimum absolute atomic E-state index is 0.0243. The Morgan fingerprint density at radius 1 is 1.20 bits per heavy atom. The maximum Gasteiger partial charge on any atom is 0.272 e. The summed E-state index contributed by atoms with van der Waals surface area (Å²) in [5.41, 5.74) is 2.69. The molecule has 1 aliphatic heterocycles. The first-order valence-electron chi connectivity index (χ1n) is 7.56. The molecule has 1 heterocycles. The van der Waals surface area contributed by atoms with Crippen LogP contribution in [0.25, 0.3) is 0 Å². The van der Waals surface area contributed by atoms with Crippen LogP contribution in [0.3, 0.4) is 0 Å². The van der Waals surface area contributed by atoms with E-state index in [9.17, 15) is 15.0 Å². The van der Waals surface area contributed by atoms with Gasteiger partial charge in [0.1, 0.15) is 24.1 Å². The zero-order chi connectivity index (χ0) is 18.4. The second kappa shape index (κ2) is 8.88. The first-order valence-corrected chi connectivity index (χ1v) is 7.56. The van der Waals surface area contributed by atoms with E-state index in [1.807, 2.05) is 0 Å². The summed E-state index contributed by atoms with van der Waals surface area (Å²) in [7, 11) is 4.21. The van der Waals surface area contributed by atoms with Crippen molar-refractivity contribution in [1.82, 2.24) is 5.43 Å². The van der Waals surface area contributed by atoms with Gasteiger partial charge in [-0.1, -0.05) is 12.1 Å². The first-order chi connectivity index (χ1) is 12.0. The number of hydrazone groups is 1. The predicted molar refractivity (Wildman–Crippen MR) is 87.1 cm³/mol. The van der Waals surface area contributed by atoms with E-state index in [4.69, 9.17) is 18.9 Å². The maximum atomic E-state index is 12.3. The van der Waals surface area contributed by atoms with Gasteiger partial charge in [0.25, 0.3) is 5.91 Å². The Hall–Kier alpha value is -2.04. The van der Waals surface area contributed by atoms with Crippen LogP contribution < -0.4 is 5.43 Å². The summed E-state index contributed by atoms with van der Waals surface area (Å²) in [4.78, 5) is 12.3. The van der Waals surface area contributed by atoms with Gasteiger partial charge in [0, 0.05) is 26.9 Å². The first kappa shape index (κ1) is 19.3. The van der Waals surface area contributed by atoms with Gasteiger partial charge in [-0.2, -0.15) is 5.10 Å². The van der Waals surface area contributed by atoms with Crippen LogP contribution in [-0.2, 0) is 23.7 Å². The Balaban J connectivity index is 2.06. The number of nitrogens with one attached hydrogen (secondary N) is 1. The molecule has 138 valence electrons. The average Bonchev–Trinajstić information content (AvgIpc) is 2.62. The van der Waals surface area contributed by atoms with Crippen molar-refractivity contribution in [3.8, 4) is 5.75 Å². The molecular weight excluding hydrogens is 332 g/mol. The standard InChI is InChI=1S/C16H22N2O7/c1-22-12-11(20)13(25-16(24-3)14(12)23-2)15(21)18-17-8-9-6-4-5-7-10(9)19/h4-8,11-14,16,19-20H,1-3H3,(H,18,21)/b17-8+/t11-,12-,13-,14+,16-/m0/s1. The van der Waals surface area contributed by atoms with E-state index >= 15 is 0 Å². The Morgan fingerprint density at radius 2 is 1.88 bits per heavy atom. The number of para-hydroxylation sites is 1. The number of carbonyl (C=O) groups is 1. The highest BCUT2D eigenvalue weighted by molar-refractivity contribution is 5.86. The van der Waals surface area contributed by atoms with E-state index in [1.165, 1.54) is 33.6 Å². The quantitative estimate of drug-likeness (QED) is 0.470. The maximum absolute atomic E-state index is 12.3. The number of hydrogen-bond acceptors (Lipinski definition) is 8. The van der Waals surface area contributed by atoms with Crippen LogP contribution in [0.4, 0.5) is 0 Å². The van der Waals surface area contributed by atoms with Gasteiger partial charge in [-0.3, -0.25) is 4.79 Å². The van der Waals surface area contributed by atoms with Crippen molar-refractivity contribution in [2.24, 2.45) is 5.10 Å². The second-order valence-electron chi connectivity index (χ2n) is 5.35. The highest BCUT2D eigenvalue weighted by atomic mass is 16.7. The number of aliphatic hydroxyl groups is 1. The molecular formula is C16H22N2O7. The Kier molecular flexibility index (Phi) is 6.85. The molecule has 0 unspecified atom stereocenters. The van der Waals surface area contributed by atoms with Gasteiger partial charge in [0.05, 0.1) is 6.21 Å². The number of ether oxygens (including phenoxy) is 4. The van der Waals surface area contributed by atoms with Crippen molar-refractivity contribution in [3.05, 3.63) is 29.8 Å². The van der Waals surface area contributed by atoms with Crippen molar-refractivity contribution >= 4 is 12.1 Å². The zero-order valence-corrected chi connectivity index (χ0v) is 14.2. The van der Waals surface area contributed by atoms with Gasteiger partial charge in [0.15, 0.2) is 12.4 Å². The van der Waals surface area contributed by atoms with Gasteiger partial charge < -0.3 is 29.2 Å². The second-order valence-corrected chi connectivity index (χ2v) is 5.35. The van der Waals surface area contributed by atoms with Crippen LogP contribution in [0.1, 0.15) is 5.56 Å². The van der Waals surface area contributed by atoms with Gasteiger partial charge in [-0.15, -0.1) is 0 Å². The van der Waals surface area contributed by atoms with Crippen molar-refractivity contribution < 1.29 is 34.0 Å². The summed E-state index contributed by atoms with van der Waals surface area (Å²) in [6, 6.07) is 6.50. The highest BCUT2D eigenvalue weighted by Gasteiger charge is 2.49. The third-order valence-corrected chi connectivity index (χ3v) is 3.87. The van der Waals surface area contributed by atoms with Crippen molar-refractivity contribution in [3.63, 3.8) is 0 Å². The lowest BCUT2D eigenvalue weighted by atomic mass is 9.98. The van der Waals surface area contributed by atoms with Crippen LogP contribution in [0.15, 0.2) is 29.4 Å². The number of aliphatic hydroxyl groups excluding tert-OH is 1. The van der Waals surface area contributed by atoms with Gasteiger partial charge in [-0.05, 0) is 12.1 Å². The summed E-state index contributed by atoms with van der Waals surface area (Å²) in [6.45, 7) is 0. The van der Waals surface area contributed by atoms with Crippen LogP contribution in [0.2, 0.25) is 0 Å². The van der Waals surface area contributed by atoms with Crippen LogP contribution >= 0.6 is 0 Å². The number of methoxy groups -OCH3 is 3. The molecule has 25 heavy (non-hydrogen) atoms. The number of phenolic OH excluding ortho intramolecular Hbond substituents is 1. The van der Waals surface area contributed by atoms with E-state index < -0.39 is 36.6 Å². The summed E-state index contributed by atoms with van der Waals surface area (Å²) in [5.74, 6) is -0.658. The third-order valence-electron chi connectivity index (χ3n) is 3.87. The fourth-order valence-electron chi connectivity index (χ4n) is 2.58. The van der Waals surface area contributed by atoms with Crippen molar-refractivity contribution in [2.45, 2.75) is 30.7 Å². The molecule has 1 aliphatic rings. The molecule has 1 saturated heterocycles. The molecule has 0 saturated carbocycles. The Labute approximate surface area is 145 Å². The summed E-state index contributed by atoms with van der Waals surface area (Å²) in [6.07, 6.45) is -3.66. The van der Waals surface area contributed by atoms with E-state index in [-0.39, 0.29) is 5.75 Å². The largest absolute Gasteiger partial charge is 0.507 e. The fourth-order valence-corrected chi connectivity index (χ4v) is 2.58. The SMILES string of the molecule is CO[C@H]1O[C@H](C(=O)N/N=C/c2ccccc2O)[C@@H](O)[C@H](OC)[C@H]1OC. The monoisotopic (exact) mass is 354 g/mol. The molecule has 0 aromatic heterocycles. The topological polar surface area (TPSA) is 119 Å². The lowest BCUT2D eigenvalue weighted by Crippen LogP contribution is -2.62. The minimum atomic E-state index is -1.28. The molecule has 5 atom stereocenters. The van der Waals surface area contributed by atoms with Crippen LogP contribution in [0, 0.1) is 0 Å².